The average molecular weight is 391 g/mol. The first-order valence-corrected chi connectivity index (χ1v) is 9.27. The van der Waals surface area contributed by atoms with E-state index in [-0.39, 0.29) is 11.8 Å². The van der Waals surface area contributed by atoms with Crippen molar-refractivity contribution in [3.8, 4) is 0 Å². The van der Waals surface area contributed by atoms with Gasteiger partial charge in [-0.1, -0.05) is 13.8 Å². The number of nitrogens with zero attached hydrogens (tertiary/aromatic N) is 3. The van der Waals surface area contributed by atoms with Gasteiger partial charge in [-0.3, -0.25) is 14.8 Å². The molecule has 1 amide bonds. The van der Waals surface area contributed by atoms with Crippen LogP contribution in [0.5, 0.6) is 0 Å². The van der Waals surface area contributed by atoms with Gasteiger partial charge in [0.2, 0.25) is 5.91 Å². The van der Waals surface area contributed by atoms with Crippen LogP contribution in [0.25, 0.3) is 11.0 Å². The molecule has 1 fully saturated rings. The highest BCUT2D eigenvalue weighted by atomic mass is 79.9. The summed E-state index contributed by atoms with van der Waals surface area (Å²) in [6, 6.07) is 4.04. The molecule has 1 unspecified atom stereocenters. The fourth-order valence-corrected chi connectivity index (χ4v) is 3.47. The monoisotopic (exact) mass is 390 g/mol. The van der Waals surface area contributed by atoms with Gasteiger partial charge in [0.15, 0.2) is 0 Å². The van der Waals surface area contributed by atoms with Crippen molar-refractivity contribution in [1.82, 2.24) is 15.3 Å². The summed E-state index contributed by atoms with van der Waals surface area (Å²) in [5.74, 6) is 0.643. The van der Waals surface area contributed by atoms with Gasteiger partial charge in [-0.05, 0) is 46.8 Å². The van der Waals surface area contributed by atoms with Crippen LogP contribution in [0.4, 0.5) is 5.69 Å². The number of hydrogen-bond acceptors (Lipinski definition) is 4. The molecule has 5 nitrogen and oxygen atoms in total. The van der Waals surface area contributed by atoms with E-state index in [4.69, 9.17) is 0 Å². The van der Waals surface area contributed by atoms with Gasteiger partial charge in [0.05, 0.1) is 11.2 Å². The van der Waals surface area contributed by atoms with Crippen molar-refractivity contribution < 1.29 is 4.79 Å². The van der Waals surface area contributed by atoms with E-state index in [1.54, 1.807) is 0 Å². The van der Waals surface area contributed by atoms with Gasteiger partial charge in [0.25, 0.3) is 0 Å². The fraction of sp³-hybridized carbons (Fsp3) is 0.500. The van der Waals surface area contributed by atoms with E-state index in [0.29, 0.717) is 5.92 Å². The minimum Gasteiger partial charge on any atom is -0.369 e. The fourth-order valence-electron chi connectivity index (χ4n) is 3.15. The van der Waals surface area contributed by atoms with E-state index in [2.05, 4.69) is 36.1 Å². The Morgan fingerprint density at radius 2 is 2.29 bits per heavy atom. The summed E-state index contributed by atoms with van der Waals surface area (Å²) in [4.78, 5) is 23.1. The van der Waals surface area contributed by atoms with Gasteiger partial charge >= 0.3 is 0 Å². The topological polar surface area (TPSA) is 58.1 Å². The molecule has 3 heterocycles. The van der Waals surface area contributed by atoms with Crippen molar-refractivity contribution in [2.45, 2.75) is 26.7 Å². The van der Waals surface area contributed by atoms with E-state index < -0.39 is 0 Å². The zero-order valence-electron chi connectivity index (χ0n) is 14.1. The maximum atomic E-state index is 11.8. The molecule has 0 bridgehead atoms. The molecule has 128 valence electrons. The lowest BCUT2D eigenvalue weighted by Gasteiger charge is -2.34. The molecule has 1 N–H and O–H groups in total. The number of carbonyl (C=O) groups is 1. The summed E-state index contributed by atoms with van der Waals surface area (Å²) in [6.45, 7) is 6.56. The van der Waals surface area contributed by atoms with E-state index in [1.165, 1.54) is 0 Å². The molecule has 1 atom stereocenters. The zero-order chi connectivity index (χ0) is 17.1. The van der Waals surface area contributed by atoms with Crippen LogP contribution < -0.4 is 10.2 Å². The Morgan fingerprint density at radius 3 is 3.08 bits per heavy atom. The second kappa shape index (κ2) is 7.47. The largest absolute Gasteiger partial charge is 0.369 e. The number of nitrogens with one attached hydrogen (secondary N) is 1. The lowest BCUT2D eigenvalue weighted by molar-refractivity contribution is -0.124. The van der Waals surface area contributed by atoms with Crippen molar-refractivity contribution in [3.05, 3.63) is 29.0 Å². The Morgan fingerprint density at radius 1 is 1.46 bits per heavy atom. The number of pyridine rings is 2. The summed E-state index contributed by atoms with van der Waals surface area (Å²) >= 11 is 3.45. The maximum absolute atomic E-state index is 11.8. The molecule has 0 aromatic carbocycles. The highest BCUT2D eigenvalue weighted by Gasteiger charge is 2.22. The molecule has 3 rings (SSSR count). The number of rotatable bonds is 4. The van der Waals surface area contributed by atoms with E-state index in [1.807, 2.05) is 38.4 Å². The van der Waals surface area contributed by atoms with Crippen molar-refractivity contribution >= 4 is 38.6 Å². The Labute approximate surface area is 151 Å². The van der Waals surface area contributed by atoms with Crippen LogP contribution in [0, 0.1) is 11.8 Å². The number of piperidine rings is 1. The summed E-state index contributed by atoms with van der Waals surface area (Å²) in [5.41, 5.74) is 2.97. The highest BCUT2D eigenvalue weighted by molar-refractivity contribution is 9.10. The first-order chi connectivity index (χ1) is 11.5. The van der Waals surface area contributed by atoms with Crippen LogP contribution in [0.15, 0.2) is 29.0 Å². The Hall–Kier alpha value is -1.69. The lowest BCUT2D eigenvalue weighted by Crippen LogP contribution is -2.41. The molecule has 6 heteroatoms. The smallest absolute Gasteiger partial charge is 0.222 e. The zero-order valence-corrected chi connectivity index (χ0v) is 15.7. The predicted octanol–water partition coefficient (Wildman–Crippen LogP) is 3.38. The number of anilines is 1. The summed E-state index contributed by atoms with van der Waals surface area (Å²) in [5, 5.41) is 3.07. The second-order valence-corrected chi connectivity index (χ2v) is 7.62. The van der Waals surface area contributed by atoms with Gasteiger partial charge in [0, 0.05) is 42.4 Å². The standard InChI is InChI=1S/C18H23BrN4O/c1-12(2)18(24)22-9-13-4-3-7-23(11-13)16-5-6-20-15-8-14(19)10-21-17(15)16/h5-6,8,10,12-13H,3-4,7,9,11H2,1-2H3,(H,22,24). The van der Waals surface area contributed by atoms with Crippen LogP contribution in [0.1, 0.15) is 26.7 Å². The SMILES string of the molecule is CC(C)C(=O)NCC1CCCN(c2ccnc3cc(Br)cnc23)C1. The third kappa shape index (κ3) is 3.86. The third-order valence-corrected chi connectivity index (χ3v) is 4.91. The molecular formula is C18H23BrN4O. The molecule has 0 spiro atoms. The predicted molar refractivity (Wildman–Crippen MR) is 100 cm³/mol. The number of aromatic nitrogens is 2. The van der Waals surface area contributed by atoms with Crippen LogP contribution in [-0.4, -0.2) is 35.5 Å². The summed E-state index contributed by atoms with van der Waals surface area (Å²) in [7, 11) is 0. The Kier molecular flexibility index (Phi) is 5.33. The van der Waals surface area contributed by atoms with Crippen molar-refractivity contribution in [2.75, 3.05) is 24.5 Å². The van der Waals surface area contributed by atoms with Gasteiger partial charge in [0.1, 0.15) is 5.52 Å². The average Bonchev–Trinajstić information content (AvgIpc) is 2.59. The molecule has 2 aromatic heterocycles. The van der Waals surface area contributed by atoms with Crippen molar-refractivity contribution in [2.24, 2.45) is 11.8 Å². The van der Waals surface area contributed by atoms with Crippen molar-refractivity contribution in [3.63, 3.8) is 0 Å². The van der Waals surface area contributed by atoms with E-state index in [0.717, 1.165) is 53.7 Å². The molecule has 2 aromatic rings. The highest BCUT2D eigenvalue weighted by Crippen LogP contribution is 2.29. The minimum absolute atomic E-state index is 0.0384. The number of fused-ring (bicyclic) bond motifs is 1. The molecule has 1 aliphatic rings. The van der Waals surface area contributed by atoms with Crippen LogP contribution in [-0.2, 0) is 4.79 Å². The minimum atomic E-state index is 0.0384. The summed E-state index contributed by atoms with van der Waals surface area (Å²) < 4.78 is 0.938. The molecule has 24 heavy (non-hydrogen) atoms. The molecule has 1 saturated heterocycles. The molecule has 0 aliphatic carbocycles. The van der Waals surface area contributed by atoms with E-state index >= 15 is 0 Å². The third-order valence-electron chi connectivity index (χ3n) is 4.47. The quantitative estimate of drug-likeness (QED) is 0.868. The number of carbonyl (C=O) groups excluding carboxylic acids is 1. The van der Waals surface area contributed by atoms with Crippen LogP contribution in [0.2, 0.25) is 0 Å². The normalized spacial score (nSPS) is 18.2. The molecule has 0 radical (unpaired) electrons. The maximum Gasteiger partial charge on any atom is 0.222 e. The first kappa shape index (κ1) is 17.1. The Balaban J connectivity index is 1.74. The van der Waals surface area contributed by atoms with Gasteiger partial charge in [-0.25, -0.2) is 0 Å². The Bertz CT molecular complexity index is 734. The molecule has 0 saturated carbocycles. The first-order valence-electron chi connectivity index (χ1n) is 8.47. The van der Waals surface area contributed by atoms with Gasteiger partial charge < -0.3 is 10.2 Å². The number of halogens is 1. The van der Waals surface area contributed by atoms with Crippen LogP contribution >= 0.6 is 15.9 Å². The van der Waals surface area contributed by atoms with Gasteiger partial charge in [-0.2, -0.15) is 0 Å². The lowest BCUT2D eigenvalue weighted by atomic mass is 9.97. The van der Waals surface area contributed by atoms with E-state index in [9.17, 15) is 4.79 Å². The van der Waals surface area contributed by atoms with Crippen LogP contribution in [0.3, 0.4) is 0 Å². The summed E-state index contributed by atoms with van der Waals surface area (Å²) in [6.07, 6.45) is 5.94. The van der Waals surface area contributed by atoms with Crippen molar-refractivity contribution in [1.29, 1.82) is 0 Å². The number of hydrogen-bond donors (Lipinski definition) is 1. The molecule has 1 aliphatic heterocycles. The number of amides is 1. The second-order valence-electron chi connectivity index (χ2n) is 6.71. The molecular weight excluding hydrogens is 368 g/mol. The van der Waals surface area contributed by atoms with Gasteiger partial charge in [-0.15, -0.1) is 0 Å².